The second-order valence-corrected chi connectivity index (χ2v) is 8.51. The molecule has 1 amide bonds. The number of rotatable bonds is 11. The smallest absolute Gasteiger partial charge is 0.277 e. The molecule has 2 aromatic carbocycles. The van der Waals surface area contributed by atoms with Crippen molar-refractivity contribution in [2.24, 2.45) is 0 Å². The van der Waals surface area contributed by atoms with Gasteiger partial charge in [0.05, 0.1) is 39.1 Å². The molecule has 4 rings (SSSR count). The van der Waals surface area contributed by atoms with Crippen molar-refractivity contribution in [3.63, 3.8) is 0 Å². The average Bonchev–Trinajstić information content (AvgIpc) is 3.53. The van der Waals surface area contributed by atoms with E-state index < -0.39 is 17.9 Å². The van der Waals surface area contributed by atoms with E-state index >= 15 is 0 Å². The third-order valence-electron chi connectivity index (χ3n) is 5.36. The van der Waals surface area contributed by atoms with Crippen LogP contribution < -0.4 is 24.6 Å². The number of nitrogens with zero attached hydrogens (tertiary/aromatic N) is 2. The van der Waals surface area contributed by atoms with Gasteiger partial charge in [-0.05, 0) is 23.8 Å². The van der Waals surface area contributed by atoms with Gasteiger partial charge in [0.2, 0.25) is 17.5 Å². The molecule has 4 aromatic rings. The van der Waals surface area contributed by atoms with Crippen molar-refractivity contribution < 1.29 is 33.3 Å². The van der Waals surface area contributed by atoms with Crippen molar-refractivity contribution in [2.45, 2.75) is 17.7 Å². The van der Waals surface area contributed by atoms with Gasteiger partial charge in [0.1, 0.15) is 0 Å². The lowest BCUT2D eigenvalue weighted by Crippen LogP contribution is -2.49. The maximum absolute atomic E-state index is 12.5. The normalized spacial score (nSPS) is 11.8. The van der Waals surface area contributed by atoms with Gasteiger partial charge in [-0.15, -0.1) is 10.2 Å². The number of methoxy groups -OCH3 is 3. The maximum atomic E-state index is 12.5. The Morgan fingerprint density at radius 1 is 1.11 bits per heavy atom. The van der Waals surface area contributed by atoms with Crippen molar-refractivity contribution in [2.75, 3.05) is 27.1 Å². The number of carbonyl (C=O) groups is 2. The summed E-state index contributed by atoms with van der Waals surface area (Å²) in [5.41, 5.74) is 2.18. The fraction of sp³-hybridized carbons (Fsp3) is 0.250. The van der Waals surface area contributed by atoms with E-state index in [0.29, 0.717) is 22.8 Å². The summed E-state index contributed by atoms with van der Waals surface area (Å²) in [6.07, 6.45) is 1.80. The van der Waals surface area contributed by atoms with Crippen LogP contribution in [0.4, 0.5) is 0 Å². The summed E-state index contributed by atoms with van der Waals surface area (Å²) in [4.78, 5) is 27.2. The molecule has 11 nitrogen and oxygen atoms in total. The number of aliphatic carboxylic acids is 1. The molecule has 0 spiro atoms. The molecule has 0 saturated heterocycles. The highest BCUT2D eigenvalue weighted by Gasteiger charge is 2.20. The number of benzene rings is 2. The molecule has 0 bridgehead atoms. The number of aromatic nitrogens is 3. The van der Waals surface area contributed by atoms with Crippen molar-refractivity contribution in [1.82, 2.24) is 20.5 Å². The first-order valence-corrected chi connectivity index (χ1v) is 11.7. The number of H-pyrrole nitrogens is 1. The number of amides is 1. The number of ether oxygens (including phenoxy) is 3. The number of carboxylic acid groups (broad SMARTS) is 1. The van der Waals surface area contributed by atoms with Gasteiger partial charge in [0, 0.05) is 29.1 Å². The molecular formula is C24H23N4O7S-. The Bertz CT molecular complexity index is 1360. The Labute approximate surface area is 210 Å². The van der Waals surface area contributed by atoms with E-state index in [1.165, 1.54) is 21.3 Å². The van der Waals surface area contributed by atoms with Gasteiger partial charge in [-0.25, -0.2) is 0 Å². The molecule has 0 unspecified atom stereocenters. The Morgan fingerprint density at radius 2 is 1.83 bits per heavy atom. The van der Waals surface area contributed by atoms with E-state index in [1.807, 2.05) is 24.3 Å². The first-order chi connectivity index (χ1) is 17.4. The largest absolute Gasteiger partial charge is 0.548 e. The van der Waals surface area contributed by atoms with Gasteiger partial charge in [-0.1, -0.05) is 30.0 Å². The minimum Gasteiger partial charge on any atom is -0.548 e. The topological polar surface area (TPSA) is 152 Å². The van der Waals surface area contributed by atoms with E-state index in [2.05, 4.69) is 20.5 Å². The van der Waals surface area contributed by atoms with Crippen LogP contribution in [-0.2, 0) is 16.0 Å². The zero-order chi connectivity index (χ0) is 25.7. The van der Waals surface area contributed by atoms with Crippen LogP contribution in [0.1, 0.15) is 5.56 Å². The maximum Gasteiger partial charge on any atom is 0.277 e. The van der Waals surface area contributed by atoms with Crippen molar-refractivity contribution in [1.29, 1.82) is 0 Å². The number of aromatic amines is 1. The predicted molar refractivity (Wildman–Crippen MR) is 129 cm³/mol. The minimum atomic E-state index is -1.37. The first kappa shape index (κ1) is 24.9. The van der Waals surface area contributed by atoms with Crippen LogP contribution in [0.15, 0.2) is 52.2 Å². The van der Waals surface area contributed by atoms with Gasteiger partial charge in [0.25, 0.3) is 5.22 Å². The Morgan fingerprint density at radius 3 is 2.50 bits per heavy atom. The zero-order valence-electron chi connectivity index (χ0n) is 19.7. The molecule has 0 radical (unpaired) electrons. The van der Waals surface area contributed by atoms with E-state index in [0.717, 1.165) is 28.2 Å². The lowest BCUT2D eigenvalue weighted by molar-refractivity contribution is -0.308. The second-order valence-electron chi connectivity index (χ2n) is 7.58. The summed E-state index contributed by atoms with van der Waals surface area (Å²) in [7, 11) is 4.48. The monoisotopic (exact) mass is 511 g/mol. The molecule has 0 aliphatic heterocycles. The summed E-state index contributed by atoms with van der Waals surface area (Å²) in [6.45, 7) is 0. The molecule has 36 heavy (non-hydrogen) atoms. The molecule has 2 aromatic heterocycles. The number of hydrogen-bond donors (Lipinski definition) is 2. The third kappa shape index (κ3) is 5.38. The highest BCUT2D eigenvalue weighted by molar-refractivity contribution is 7.99. The van der Waals surface area contributed by atoms with E-state index in [4.69, 9.17) is 18.6 Å². The second kappa shape index (κ2) is 11.0. The average molecular weight is 512 g/mol. The van der Waals surface area contributed by atoms with Gasteiger partial charge in [0.15, 0.2) is 11.5 Å². The summed E-state index contributed by atoms with van der Waals surface area (Å²) in [5.74, 6) is -0.574. The Balaban J connectivity index is 1.40. The Kier molecular flexibility index (Phi) is 7.64. The molecule has 0 fully saturated rings. The van der Waals surface area contributed by atoms with Crippen LogP contribution >= 0.6 is 11.8 Å². The highest BCUT2D eigenvalue weighted by atomic mass is 32.2. The van der Waals surface area contributed by atoms with Crippen molar-refractivity contribution in [3.05, 3.63) is 48.2 Å². The molecule has 188 valence electrons. The standard InChI is InChI=1S/C24H24N4O7S/c1-32-18-9-13(10-19(33-2)21(18)34-3)22-27-28-24(35-22)36-12-20(29)26-17(23(30)31)8-14-11-25-16-7-5-4-6-15(14)16/h4-7,9-11,17,25H,8,12H2,1-3H3,(H,26,29)(H,30,31)/p-1/t17-/m1/s1. The van der Waals surface area contributed by atoms with Crippen molar-refractivity contribution in [3.8, 4) is 28.7 Å². The molecule has 12 heteroatoms. The number of carboxylic acids is 1. The van der Waals surface area contributed by atoms with E-state index in [9.17, 15) is 14.7 Å². The SMILES string of the molecule is COc1cc(-c2nnc(SCC(=O)N[C@H](Cc3c[nH]c4ccccc34)C(=O)[O-])o2)cc(OC)c1OC. The van der Waals surface area contributed by atoms with E-state index in [1.54, 1.807) is 18.3 Å². The number of fused-ring (bicyclic) bond motifs is 1. The van der Waals surface area contributed by atoms with Crippen LogP contribution in [-0.4, -0.2) is 60.2 Å². The lowest BCUT2D eigenvalue weighted by atomic mass is 10.1. The van der Waals surface area contributed by atoms with Gasteiger partial charge in [-0.2, -0.15) is 0 Å². The van der Waals surface area contributed by atoms with Crippen molar-refractivity contribution >= 4 is 34.5 Å². The summed E-state index contributed by atoms with van der Waals surface area (Å²) >= 11 is 0.977. The third-order valence-corrected chi connectivity index (χ3v) is 6.18. The molecule has 0 saturated carbocycles. The summed E-state index contributed by atoms with van der Waals surface area (Å²) in [5, 5.41) is 23.1. The fourth-order valence-electron chi connectivity index (χ4n) is 3.67. The predicted octanol–water partition coefficient (Wildman–Crippen LogP) is 1.81. The first-order valence-electron chi connectivity index (χ1n) is 10.7. The minimum absolute atomic E-state index is 0.0780. The Hall–Kier alpha value is -4.19. The number of carbonyl (C=O) groups excluding carboxylic acids is 2. The van der Waals surface area contributed by atoms with Crippen LogP contribution in [0, 0.1) is 0 Å². The van der Waals surface area contributed by atoms with Gasteiger partial charge in [-0.3, -0.25) is 4.79 Å². The van der Waals surface area contributed by atoms with Crippen LogP contribution in [0.2, 0.25) is 0 Å². The number of para-hydroxylation sites is 1. The van der Waals surface area contributed by atoms with Crippen LogP contribution in [0.25, 0.3) is 22.4 Å². The lowest BCUT2D eigenvalue weighted by Gasteiger charge is -2.19. The summed E-state index contributed by atoms with van der Waals surface area (Å²) in [6, 6.07) is 9.62. The quantitative estimate of drug-likeness (QED) is 0.285. The fourth-order valence-corrected chi connectivity index (χ4v) is 4.24. The number of nitrogens with one attached hydrogen (secondary N) is 2. The zero-order valence-corrected chi connectivity index (χ0v) is 20.5. The summed E-state index contributed by atoms with van der Waals surface area (Å²) < 4.78 is 21.6. The number of hydrogen-bond acceptors (Lipinski definition) is 10. The molecule has 2 heterocycles. The van der Waals surface area contributed by atoms with Crippen LogP contribution in [0.3, 0.4) is 0 Å². The molecule has 0 aliphatic carbocycles. The van der Waals surface area contributed by atoms with Gasteiger partial charge >= 0.3 is 0 Å². The van der Waals surface area contributed by atoms with Crippen LogP contribution in [0.5, 0.6) is 17.2 Å². The highest BCUT2D eigenvalue weighted by Crippen LogP contribution is 2.41. The molecule has 2 N–H and O–H groups in total. The molecule has 1 atom stereocenters. The molecular weight excluding hydrogens is 488 g/mol. The molecule has 0 aliphatic rings. The van der Waals surface area contributed by atoms with E-state index in [-0.39, 0.29) is 23.3 Å². The number of thioether (sulfide) groups is 1. The van der Waals surface area contributed by atoms with Gasteiger partial charge < -0.3 is 38.8 Å².